The SMILES string of the molecule is Cn1nnc(-c2c[nH]c3ccccc23)n1. The van der Waals surface area contributed by atoms with E-state index in [0.717, 1.165) is 16.5 Å². The monoisotopic (exact) mass is 199 g/mol. The predicted octanol–water partition coefficient (Wildman–Crippen LogP) is 1.36. The van der Waals surface area contributed by atoms with Crippen LogP contribution in [0.2, 0.25) is 0 Å². The molecule has 5 heteroatoms. The number of rotatable bonds is 1. The van der Waals surface area contributed by atoms with Gasteiger partial charge < -0.3 is 4.98 Å². The summed E-state index contributed by atoms with van der Waals surface area (Å²) in [7, 11) is 1.76. The van der Waals surface area contributed by atoms with Crippen LogP contribution >= 0.6 is 0 Å². The van der Waals surface area contributed by atoms with Crippen molar-refractivity contribution in [2.24, 2.45) is 7.05 Å². The Balaban J connectivity index is 2.27. The summed E-state index contributed by atoms with van der Waals surface area (Å²) in [5.74, 6) is 0.648. The molecule has 0 bridgehead atoms. The van der Waals surface area contributed by atoms with E-state index in [1.165, 1.54) is 4.80 Å². The normalized spacial score (nSPS) is 11.0. The highest BCUT2D eigenvalue weighted by molar-refractivity contribution is 5.93. The molecule has 3 aromatic rings. The molecule has 0 radical (unpaired) electrons. The number of nitrogens with one attached hydrogen (secondary N) is 1. The second-order valence-corrected chi connectivity index (χ2v) is 3.35. The minimum absolute atomic E-state index is 0.648. The zero-order valence-corrected chi connectivity index (χ0v) is 8.18. The number of H-pyrrole nitrogens is 1. The molecule has 0 aliphatic heterocycles. The Morgan fingerprint density at radius 3 is 2.93 bits per heavy atom. The van der Waals surface area contributed by atoms with Crippen LogP contribution in [0.3, 0.4) is 0 Å². The van der Waals surface area contributed by atoms with Gasteiger partial charge in [0, 0.05) is 22.7 Å². The molecule has 0 amide bonds. The van der Waals surface area contributed by atoms with Gasteiger partial charge in [-0.2, -0.15) is 4.80 Å². The summed E-state index contributed by atoms with van der Waals surface area (Å²) in [4.78, 5) is 4.63. The van der Waals surface area contributed by atoms with Crippen molar-refractivity contribution in [2.75, 3.05) is 0 Å². The Labute approximate surface area is 85.7 Å². The zero-order chi connectivity index (χ0) is 10.3. The van der Waals surface area contributed by atoms with Gasteiger partial charge in [-0.25, -0.2) is 0 Å². The van der Waals surface area contributed by atoms with Crippen molar-refractivity contribution < 1.29 is 0 Å². The molecule has 1 N–H and O–H groups in total. The van der Waals surface area contributed by atoms with E-state index in [9.17, 15) is 0 Å². The molecule has 5 nitrogen and oxygen atoms in total. The third-order valence-electron chi connectivity index (χ3n) is 2.34. The molecular formula is C10H9N5. The molecule has 0 spiro atoms. The summed E-state index contributed by atoms with van der Waals surface area (Å²) < 4.78 is 0. The van der Waals surface area contributed by atoms with Gasteiger partial charge in [0.15, 0.2) is 0 Å². The van der Waals surface area contributed by atoms with Crippen LogP contribution in [0.1, 0.15) is 0 Å². The number of benzene rings is 1. The van der Waals surface area contributed by atoms with E-state index in [1.807, 2.05) is 30.5 Å². The fourth-order valence-corrected chi connectivity index (χ4v) is 1.65. The molecule has 2 heterocycles. The van der Waals surface area contributed by atoms with E-state index in [0.29, 0.717) is 5.82 Å². The molecule has 0 aliphatic carbocycles. The van der Waals surface area contributed by atoms with Crippen LogP contribution < -0.4 is 0 Å². The van der Waals surface area contributed by atoms with Gasteiger partial charge in [-0.1, -0.05) is 18.2 Å². The number of hydrogen-bond donors (Lipinski definition) is 1. The first-order valence-corrected chi connectivity index (χ1v) is 4.65. The molecule has 0 unspecified atom stereocenters. The number of nitrogens with zero attached hydrogens (tertiary/aromatic N) is 4. The Morgan fingerprint density at radius 2 is 2.13 bits per heavy atom. The average molecular weight is 199 g/mol. The van der Waals surface area contributed by atoms with Crippen LogP contribution in [-0.4, -0.2) is 25.2 Å². The summed E-state index contributed by atoms with van der Waals surface area (Å²) >= 11 is 0. The lowest BCUT2D eigenvalue weighted by Crippen LogP contribution is -1.91. The molecule has 0 atom stereocenters. The van der Waals surface area contributed by atoms with E-state index in [2.05, 4.69) is 20.4 Å². The Kier molecular flexibility index (Phi) is 1.58. The third-order valence-corrected chi connectivity index (χ3v) is 2.34. The van der Waals surface area contributed by atoms with Gasteiger partial charge in [-0.3, -0.25) is 0 Å². The summed E-state index contributed by atoms with van der Waals surface area (Å²) in [5, 5.41) is 13.1. The molecule has 0 saturated heterocycles. The van der Waals surface area contributed by atoms with E-state index in [-0.39, 0.29) is 0 Å². The second-order valence-electron chi connectivity index (χ2n) is 3.35. The van der Waals surface area contributed by atoms with Gasteiger partial charge in [0.25, 0.3) is 0 Å². The van der Waals surface area contributed by atoms with Gasteiger partial charge in [0.2, 0.25) is 5.82 Å². The van der Waals surface area contributed by atoms with Crippen molar-refractivity contribution in [3.63, 3.8) is 0 Å². The number of hydrogen-bond acceptors (Lipinski definition) is 3. The predicted molar refractivity (Wildman–Crippen MR) is 56.1 cm³/mol. The van der Waals surface area contributed by atoms with Gasteiger partial charge in [-0.15, -0.1) is 10.2 Å². The van der Waals surface area contributed by atoms with E-state index in [4.69, 9.17) is 0 Å². The maximum atomic E-state index is 4.18. The lowest BCUT2D eigenvalue weighted by atomic mass is 10.2. The first kappa shape index (κ1) is 8.16. The van der Waals surface area contributed by atoms with Crippen LogP contribution in [0.5, 0.6) is 0 Å². The van der Waals surface area contributed by atoms with Gasteiger partial charge in [-0.05, 0) is 11.3 Å². The quantitative estimate of drug-likeness (QED) is 0.643. The highest BCUT2D eigenvalue weighted by Crippen LogP contribution is 2.24. The van der Waals surface area contributed by atoms with Crippen molar-refractivity contribution >= 4 is 10.9 Å². The molecule has 0 fully saturated rings. The maximum Gasteiger partial charge on any atom is 0.207 e. The van der Waals surface area contributed by atoms with Crippen molar-refractivity contribution in [3.8, 4) is 11.4 Å². The molecular weight excluding hydrogens is 190 g/mol. The standard InChI is InChI=1S/C10H9N5/c1-15-13-10(12-14-15)8-6-11-9-5-3-2-4-7(8)9/h2-6,11H,1H3. The highest BCUT2D eigenvalue weighted by atomic mass is 15.6. The van der Waals surface area contributed by atoms with Crippen molar-refractivity contribution in [1.82, 2.24) is 25.2 Å². The van der Waals surface area contributed by atoms with Crippen LogP contribution in [0, 0.1) is 0 Å². The first-order valence-electron chi connectivity index (χ1n) is 4.65. The van der Waals surface area contributed by atoms with Gasteiger partial charge in [0.1, 0.15) is 0 Å². The minimum Gasteiger partial charge on any atom is -0.360 e. The molecule has 0 aliphatic rings. The maximum absolute atomic E-state index is 4.18. The van der Waals surface area contributed by atoms with Gasteiger partial charge in [0.05, 0.1) is 7.05 Å². The summed E-state index contributed by atoms with van der Waals surface area (Å²) in [6.45, 7) is 0. The number of tetrazole rings is 1. The fourth-order valence-electron chi connectivity index (χ4n) is 1.65. The minimum atomic E-state index is 0.648. The Morgan fingerprint density at radius 1 is 1.27 bits per heavy atom. The number of aryl methyl sites for hydroxylation is 1. The van der Waals surface area contributed by atoms with Crippen LogP contribution in [0.4, 0.5) is 0 Å². The van der Waals surface area contributed by atoms with Crippen molar-refractivity contribution in [2.45, 2.75) is 0 Å². The molecule has 0 saturated carbocycles. The van der Waals surface area contributed by atoms with Crippen LogP contribution in [0.25, 0.3) is 22.3 Å². The molecule has 3 rings (SSSR count). The van der Waals surface area contributed by atoms with E-state index >= 15 is 0 Å². The molecule has 15 heavy (non-hydrogen) atoms. The Hall–Kier alpha value is -2.17. The Bertz CT molecular complexity index is 607. The molecule has 74 valence electrons. The zero-order valence-electron chi connectivity index (χ0n) is 8.18. The summed E-state index contributed by atoms with van der Waals surface area (Å²) in [5.41, 5.74) is 2.07. The number of para-hydroxylation sites is 1. The smallest absolute Gasteiger partial charge is 0.207 e. The van der Waals surface area contributed by atoms with Crippen molar-refractivity contribution in [1.29, 1.82) is 0 Å². The number of aromatic nitrogens is 5. The third kappa shape index (κ3) is 1.20. The van der Waals surface area contributed by atoms with Crippen molar-refractivity contribution in [3.05, 3.63) is 30.5 Å². The van der Waals surface area contributed by atoms with Crippen LogP contribution in [0.15, 0.2) is 30.5 Å². The topological polar surface area (TPSA) is 59.4 Å². The largest absolute Gasteiger partial charge is 0.360 e. The number of fused-ring (bicyclic) bond motifs is 1. The lowest BCUT2D eigenvalue weighted by molar-refractivity contribution is 0.630. The highest BCUT2D eigenvalue weighted by Gasteiger charge is 2.09. The summed E-state index contributed by atoms with van der Waals surface area (Å²) in [6.07, 6.45) is 1.90. The van der Waals surface area contributed by atoms with E-state index < -0.39 is 0 Å². The lowest BCUT2D eigenvalue weighted by Gasteiger charge is -1.90. The summed E-state index contributed by atoms with van der Waals surface area (Å²) in [6, 6.07) is 8.05. The molecule has 1 aromatic carbocycles. The number of aromatic amines is 1. The second kappa shape index (κ2) is 2.91. The molecule has 2 aromatic heterocycles. The average Bonchev–Trinajstić information content (AvgIpc) is 2.83. The van der Waals surface area contributed by atoms with Gasteiger partial charge >= 0.3 is 0 Å². The first-order chi connectivity index (χ1) is 7.34. The van der Waals surface area contributed by atoms with Crippen LogP contribution in [-0.2, 0) is 7.05 Å². The fraction of sp³-hybridized carbons (Fsp3) is 0.100. The van der Waals surface area contributed by atoms with E-state index in [1.54, 1.807) is 7.05 Å².